The van der Waals surface area contributed by atoms with Gasteiger partial charge in [-0.1, -0.05) is 0 Å². The highest BCUT2D eigenvalue weighted by atomic mass is 32.1. The van der Waals surface area contributed by atoms with Gasteiger partial charge in [0.15, 0.2) is 5.13 Å². The Hall–Kier alpha value is -1.86. The predicted octanol–water partition coefficient (Wildman–Crippen LogP) is 0.876. The highest BCUT2D eigenvalue weighted by molar-refractivity contribution is 7.14. The lowest BCUT2D eigenvalue weighted by Gasteiger charge is -2.29. The minimum absolute atomic E-state index is 0.306. The Labute approximate surface area is 140 Å². The van der Waals surface area contributed by atoms with E-state index < -0.39 is 0 Å². The molecule has 0 atom stereocenters. The van der Waals surface area contributed by atoms with E-state index >= 15 is 0 Å². The number of anilines is 1. The van der Waals surface area contributed by atoms with Crippen LogP contribution in [0.4, 0.5) is 5.13 Å². The molecule has 1 fully saturated rings. The fourth-order valence-electron chi connectivity index (χ4n) is 3.02. The number of esters is 1. The summed E-state index contributed by atoms with van der Waals surface area (Å²) in [7, 11) is 3.63. The molecule has 2 aromatic rings. The van der Waals surface area contributed by atoms with Crippen LogP contribution in [0, 0.1) is 13.8 Å². The zero-order chi connectivity index (χ0) is 16.6. The van der Waals surface area contributed by atoms with Crippen LogP contribution in [0.25, 0.3) is 11.4 Å². The summed E-state index contributed by atoms with van der Waals surface area (Å²) in [5, 5.41) is 3.11. The van der Waals surface area contributed by atoms with Crippen molar-refractivity contribution in [3.8, 4) is 11.4 Å². The van der Waals surface area contributed by atoms with Crippen LogP contribution in [0.5, 0.6) is 0 Å². The van der Waals surface area contributed by atoms with Crippen LogP contribution >= 0.6 is 11.3 Å². The molecule has 0 aliphatic carbocycles. The van der Waals surface area contributed by atoms with Gasteiger partial charge < -0.3 is 19.5 Å². The van der Waals surface area contributed by atoms with Crippen LogP contribution in [-0.4, -0.2) is 56.3 Å². The molecular weight excluding hydrogens is 312 g/mol. The number of thiazole rings is 1. The van der Waals surface area contributed by atoms with Crippen LogP contribution in [0.2, 0.25) is 0 Å². The molecule has 3 rings (SSSR count). The van der Waals surface area contributed by atoms with Gasteiger partial charge >= 0.3 is 5.97 Å². The summed E-state index contributed by atoms with van der Waals surface area (Å²) < 4.78 is 4.87. The first-order chi connectivity index (χ1) is 11.0. The summed E-state index contributed by atoms with van der Waals surface area (Å²) in [6, 6.07) is 0. The van der Waals surface area contributed by atoms with Gasteiger partial charge in [0.1, 0.15) is 5.69 Å². The second kappa shape index (κ2) is 6.33. The van der Waals surface area contributed by atoms with Crippen LogP contribution in [0.3, 0.4) is 0 Å². The highest BCUT2D eigenvalue weighted by Crippen LogP contribution is 2.31. The topological polar surface area (TPSA) is 62.7 Å². The van der Waals surface area contributed by atoms with E-state index in [1.54, 1.807) is 16.2 Å². The van der Waals surface area contributed by atoms with Gasteiger partial charge in [0, 0.05) is 11.1 Å². The number of methoxy groups -OCH3 is 1. The molecule has 6 nitrogen and oxygen atoms in total. The van der Waals surface area contributed by atoms with Crippen molar-refractivity contribution < 1.29 is 14.4 Å². The smallest absolute Gasteiger partial charge is 0.339 e. The van der Waals surface area contributed by atoms with Crippen molar-refractivity contribution in [2.24, 2.45) is 0 Å². The number of hydrogen-bond acceptors (Lipinski definition) is 5. The molecule has 1 aliphatic heterocycles. The maximum atomic E-state index is 11.9. The third-order valence-corrected chi connectivity index (χ3v) is 5.36. The molecule has 23 heavy (non-hydrogen) atoms. The third kappa shape index (κ3) is 2.98. The summed E-state index contributed by atoms with van der Waals surface area (Å²) in [6.07, 6.45) is 0. The van der Waals surface area contributed by atoms with Crippen LogP contribution < -0.4 is 9.80 Å². The summed E-state index contributed by atoms with van der Waals surface area (Å²) >= 11 is 1.66. The lowest BCUT2D eigenvalue weighted by molar-refractivity contribution is -0.880. The van der Waals surface area contributed by atoms with Gasteiger partial charge in [-0.2, -0.15) is 0 Å². The molecule has 1 aliphatic rings. The summed E-state index contributed by atoms with van der Waals surface area (Å²) in [4.78, 5) is 23.9. The molecule has 3 heterocycles. The summed E-state index contributed by atoms with van der Waals surface area (Å²) in [5.74, 6) is -0.306. The second-order valence-corrected chi connectivity index (χ2v) is 6.91. The molecule has 0 aromatic carbocycles. The van der Waals surface area contributed by atoms with Gasteiger partial charge in [-0.05, 0) is 19.4 Å². The average Bonchev–Trinajstić information content (AvgIpc) is 3.12. The van der Waals surface area contributed by atoms with Crippen LogP contribution in [0.1, 0.15) is 21.6 Å². The number of quaternary nitrogens is 1. The zero-order valence-corrected chi connectivity index (χ0v) is 14.8. The van der Waals surface area contributed by atoms with Crippen molar-refractivity contribution in [3.63, 3.8) is 0 Å². The Kier molecular flexibility index (Phi) is 4.41. The SMILES string of the molecule is COC(=O)c1c(C)[nH]c(-c2csc(N3CC[NH+](C)CC3)n2)c1C. The lowest BCUT2D eigenvalue weighted by Crippen LogP contribution is -3.12. The van der Waals surface area contributed by atoms with E-state index in [-0.39, 0.29) is 5.97 Å². The quantitative estimate of drug-likeness (QED) is 0.818. The normalized spacial score (nSPS) is 15.9. The number of aromatic amines is 1. The van der Waals surface area contributed by atoms with Gasteiger partial charge in [0.05, 0.1) is 51.6 Å². The van der Waals surface area contributed by atoms with E-state index in [2.05, 4.69) is 22.3 Å². The summed E-state index contributed by atoms with van der Waals surface area (Å²) in [5.41, 5.74) is 4.13. The first-order valence-electron chi connectivity index (χ1n) is 7.81. The Morgan fingerprint density at radius 1 is 1.39 bits per heavy atom. The maximum Gasteiger partial charge on any atom is 0.339 e. The number of H-pyrrole nitrogens is 1. The number of nitrogens with zero attached hydrogens (tertiary/aromatic N) is 2. The first-order valence-corrected chi connectivity index (χ1v) is 8.69. The van der Waals surface area contributed by atoms with Crippen molar-refractivity contribution in [2.75, 3.05) is 45.2 Å². The number of likely N-dealkylation sites (N-methyl/N-ethyl adjacent to an activating group) is 1. The second-order valence-electron chi connectivity index (χ2n) is 6.08. The van der Waals surface area contributed by atoms with E-state index in [0.717, 1.165) is 54.0 Å². The maximum absolute atomic E-state index is 11.9. The Balaban J connectivity index is 1.88. The third-order valence-electron chi connectivity index (χ3n) is 4.46. The number of nitrogens with one attached hydrogen (secondary N) is 2. The Morgan fingerprint density at radius 2 is 2.09 bits per heavy atom. The molecular formula is C16H23N4O2S+. The van der Waals surface area contributed by atoms with Crippen LogP contribution in [-0.2, 0) is 4.74 Å². The summed E-state index contributed by atoms with van der Waals surface area (Å²) in [6.45, 7) is 8.18. The molecule has 2 aromatic heterocycles. The van der Waals surface area contributed by atoms with Gasteiger partial charge in [-0.15, -0.1) is 11.3 Å². The molecule has 2 N–H and O–H groups in total. The van der Waals surface area contributed by atoms with E-state index in [1.807, 2.05) is 13.8 Å². The van der Waals surface area contributed by atoms with Crippen molar-refractivity contribution >= 4 is 22.4 Å². The van der Waals surface area contributed by atoms with Gasteiger partial charge in [-0.3, -0.25) is 0 Å². The lowest BCUT2D eigenvalue weighted by atomic mass is 10.1. The molecule has 1 saturated heterocycles. The number of carbonyl (C=O) groups is 1. The molecule has 0 radical (unpaired) electrons. The van der Waals surface area contributed by atoms with Crippen molar-refractivity contribution in [1.29, 1.82) is 0 Å². The fourth-order valence-corrected chi connectivity index (χ4v) is 3.89. The molecule has 0 spiro atoms. The van der Waals surface area contributed by atoms with Crippen molar-refractivity contribution in [2.45, 2.75) is 13.8 Å². The number of piperazine rings is 1. The minimum Gasteiger partial charge on any atom is -0.465 e. The molecule has 124 valence electrons. The Bertz CT molecular complexity index is 714. The Morgan fingerprint density at radius 3 is 2.74 bits per heavy atom. The highest BCUT2D eigenvalue weighted by Gasteiger charge is 2.23. The molecule has 7 heteroatoms. The predicted molar refractivity (Wildman–Crippen MR) is 91.5 cm³/mol. The number of aryl methyl sites for hydroxylation is 1. The number of aromatic nitrogens is 2. The molecule has 0 bridgehead atoms. The standard InChI is InChI=1S/C16H22N4O2S/c1-10-13(15(21)22-4)11(2)17-14(10)12-9-23-16(18-12)20-7-5-19(3)6-8-20/h9,17H,5-8H2,1-4H3/p+1. The van der Waals surface area contributed by atoms with Gasteiger partial charge in [0.2, 0.25) is 0 Å². The number of rotatable bonds is 3. The minimum atomic E-state index is -0.306. The number of ether oxygens (including phenoxy) is 1. The largest absolute Gasteiger partial charge is 0.465 e. The van der Waals surface area contributed by atoms with Crippen molar-refractivity contribution in [3.05, 3.63) is 22.2 Å². The monoisotopic (exact) mass is 335 g/mol. The molecule has 0 saturated carbocycles. The van der Waals surface area contributed by atoms with Gasteiger partial charge in [0.25, 0.3) is 0 Å². The zero-order valence-electron chi connectivity index (χ0n) is 14.0. The van der Waals surface area contributed by atoms with Crippen molar-refractivity contribution in [1.82, 2.24) is 9.97 Å². The van der Waals surface area contributed by atoms with E-state index in [4.69, 9.17) is 9.72 Å². The van der Waals surface area contributed by atoms with E-state index in [9.17, 15) is 4.79 Å². The fraction of sp³-hybridized carbons (Fsp3) is 0.500. The first kappa shape index (κ1) is 16.0. The number of carbonyl (C=O) groups excluding carboxylic acids is 1. The van der Waals surface area contributed by atoms with Gasteiger partial charge in [-0.25, -0.2) is 9.78 Å². The van der Waals surface area contributed by atoms with Crippen LogP contribution in [0.15, 0.2) is 5.38 Å². The van der Waals surface area contributed by atoms with E-state index in [1.165, 1.54) is 7.11 Å². The van der Waals surface area contributed by atoms with E-state index in [0.29, 0.717) is 5.56 Å². The number of hydrogen-bond donors (Lipinski definition) is 2. The average molecular weight is 335 g/mol. The molecule has 0 amide bonds. The molecule has 0 unspecified atom stereocenters.